The predicted octanol–water partition coefficient (Wildman–Crippen LogP) is 0.460. The lowest BCUT2D eigenvalue weighted by molar-refractivity contribution is -0.131. The number of sulfone groups is 1. The molecule has 1 aromatic heterocycles. The number of carbonyl (C=O) groups is 2. The summed E-state index contributed by atoms with van der Waals surface area (Å²) in [6, 6.07) is 1.83. The van der Waals surface area contributed by atoms with Gasteiger partial charge in [0.25, 0.3) is 11.8 Å². The lowest BCUT2D eigenvalue weighted by Crippen LogP contribution is -2.51. The summed E-state index contributed by atoms with van der Waals surface area (Å²) in [5.74, 6) is 10.8. The third-order valence-corrected chi connectivity index (χ3v) is 9.11. The van der Waals surface area contributed by atoms with Gasteiger partial charge in [-0.2, -0.15) is 0 Å². The molecule has 184 valence electrons. The van der Waals surface area contributed by atoms with Crippen molar-refractivity contribution in [1.29, 1.82) is 0 Å². The molecule has 2 amide bonds. The average Bonchev–Trinajstić information content (AvgIpc) is 3.23. The van der Waals surface area contributed by atoms with Crippen LogP contribution in [0, 0.1) is 29.6 Å². The monoisotopic (exact) mass is 507 g/mol. The SMILES string of the molecule is CC(C)(O)CN1CC(C#CC#Cc2cc3c(s2)C(=O)N(CCC(C)(C(=O)NO)S(C)(=O)=O)C3)C1. The molecule has 1 atom stereocenters. The Morgan fingerprint density at radius 1 is 1.29 bits per heavy atom. The molecular weight excluding hydrogens is 478 g/mol. The number of amides is 2. The van der Waals surface area contributed by atoms with Crippen LogP contribution in [0.4, 0.5) is 0 Å². The summed E-state index contributed by atoms with van der Waals surface area (Å²) < 4.78 is 22.4. The summed E-state index contributed by atoms with van der Waals surface area (Å²) in [6.45, 7) is 7.39. The van der Waals surface area contributed by atoms with Crippen molar-refractivity contribution in [3.8, 4) is 23.7 Å². The topological polar surface area (TPSA) is 127 Å². The molecule has 0 radical (unpaired) electrons. The summed E-state index contributed by atoms with van der Waals surface area (Å²) in [6.07, 6.45) is 0.783. The molecule has 0 aliphatic carbocycles. The summed E-state index contributed by atoms with van der Waals surface area (Å²) >= 11 is 1.26. The number of aliphatic hydroxyl groups is 1. The van der Waals surface area contributed by atoms with Crippen LogP contribution < -0.4 is 5.48 Å². The van der Waals surface area contributed by atoms with E-state index in [0.29, 0.717) is 18.0 Å². The maximum absolute atomic E-state index is 12.7. The van der Waals surface area contributed by atoms with Crippen molar-refractivity contribution in [3.63, 3.8) is 0 Å². The van der Waals surface area contributed by atoms with E-state index in [1.807, 2.05) is 6.07 Å². The number of hydroxylamine groups is 1. The minimum absolute atomic E-state index is 0.0512. The highest BCUT2D eigenvalue weighted by atomic mass is 32.2. The van der Waals surface area contributed by atoms with Gasteiger partial charge in [0.2, 0.25) is 0 Å². The highest BCUT2D eigenvalue weighted by Crippen LogP contribution is 2.32. The van der Waals surface area contributed by atoms with Crippen LogP contribution in [0.3, 0.4) is 0 Å². The Morgan fingerprint density at radius 3 is 2.53 bits per heavy atom. The molecule has 1 saturated heterocycles. The van der Waals surface area contributed by atoms with E-state index < -0.39 is 26.1 Å². The molecule has 3 N–H and O–H groups in total. The molecule has 3 rings (SSSR count). The van der Waals surface area contributed by atoms with Gasteiger partial charge in [-0.05, 0) is 56.6 Å². The summed E-state index contributed by atoms with van der Waals surface area (Å²) in [7, 11) is -3.83. The number of thiophene rings is 1. The first-order chi connectivity index (χ1) is 15.7. The van der Waals surface area contributed by atoms with Gasteiger partial charge in [0.15, 0.2) is 14.6 Å². The molecule has 1 aromatic rings. The largest absolute Gasteiger partial charge is 0.389 e. The lowest BCUT2D eigenvalue weighted by atomic mass is 9.98. The second kappa shape index (κ2) is 9.68. The van der Waals surface area contributed by atoms with Crippen LogP contribution >= 0.6 is 11.3 Å². The average molecular weight is 508 g/mol. The highest BCUT2D eigenvalue weighted by molar-refractivity contribution is 7.92. The Labute approximate surface area is 204 Å². The van der Waals surface area contributed by atoms with Gasteiger partial charge >= 0.3 is 0 Å². The second-order valence-electron chi connectivity index (χ2n) is 9.61. The van der Waals surface area contributed by atoms with Gasteiger partial charge in [0, 0.05) is 44.9 Å². The van der Waals surface area contributed by atoms with Crippen LogP contribution in [-0.4, -0.2) is 83.1 Å². The van der Waals surface area contributed by atoms with E-state index in [2.05, 4.69) is 28.6 Å². The van der Waals surface area contributed by atoms with E-state index in [0.717, 1.165) is 29.8 Å². The van der Waals surface area contributed by atoms with Crippen molar-refractivity contribution in [2.75, 3.05) is 32.4 Å². The first-order valence-electron chi connectivity index (χ1n) is 10.8. The summed E-state index contributed by atoms with van der Waals surface area (Å²) in [5, 5.41) is 18.7. The van der Waals surface area contributed by atoms with E-state index in [-0.39, 0.29) is 24.8 Å². The van der Waals surface area contributed by atoms with Crippen LogP contribution in [0.25, 0.3) is 0 Å². The van der Waals surface area contributed by atoms with E-state index in [1.54, 1.807) is 13.8 Å². The van der Waals surface area contributed by atoms with Crippen molar-refractivity contribution in [1.82, 2.24) is 15.3 Å². The zero-order valence-electron chi connectivity index (χ0n) is 19.6. The number of likely N-dealkylation sites (tertiary alicyclic amines) is 1. The van der Waals surface area contributed by atoms with Gasteiger partial charge in [0.1, 0.15) is 0 Å². The summed E-state index contributed by atoms with van der Waals surface area (Å²) in [4.78, 5) is 29.6. The number of carbonyl (C=O) groups excluding carboxylic acids is 2. The predicted molar refractivity (Wildman–Crippen MR) is 128 cm³/mol. The maximum Gasteiger partial charge on any atom is 0.264 e. The fourth-order valence-corrected chi connectivity index (χ4v) is 5.73. The molecule has 0 aromatic carbocycles. The zero-order valence-corrected chi connectivity index (χ0v) is 21.3. The molecule has 0 spiro atoms. The minimum atomic E-state index is -3.83. The number of fused-ring (bicyclic) bond motifs is 1. The van der Waals surface area contributed by atoms with Gasteiger partial charge < -0.3 is 10.0 Å². The Morgan fingerprint density at radius 2 is 1.97 bits per heavy atom. The molecule has 2 aliphatic heterocycles. The Balaban J connectivity index is 1.56. The van der Waals surface area contributed by atoms with Crippen LogP contribution in [0.1, 0.15) is 47.3 Å². The maximum atomic E-state index is 12.7. The van der Waals surface area contributed by atoms with Crippen LogP contribution in [0.2, 0.25) is 0 Å². The van der Waals surface area contributed by atoms with Crippen molar-refractivity contribution in [2.24, 2.45) is 5.92 Å². The number of β-amino-alcohol motifs (C(OH)–C–C–N with tert-alkyl or cyclic N) is 1. The van der Waals surface area contributed by atoms with Crippen molar-refractivity contribution >= 4 is 33.0 Å². The fourth-order valence-electron chi connectivity index (χ4n) is 3.89. The number of hydrogen-bond donors (Lipinski definition) is 3. The van der Waals surface area contributed by atoms with E-state index in [9.17, 15) is 23.1 Å². The van der Waals surface area contributed by atoms with Gasteiger partial charge in [-0.3, -0.25) is 19.7 Å². The second-order valence-corrected chi connectivity index (χ2v) is 13.1. The molecule has 2 aliphatic rings. The quantitative estimate of drug-likeness (QED) is 0.278. The Hall–Kier alpha value is -2.41. The van der Waals surface area contributed by atoms with Crippen molar-refractivity contribution in [2.45, 2.75) is 44.1 Å². The molecule has 3 heterocycles. The fraction of sp³-hybridized carbons (Fsp3) is 0.565. The number of nitrogens with one attached hydrogen (secondary N) is 1. The lowest BCUT2D eigenvalue weighted by Gasteiger charge is -2.39. The molecule has 1 unspecified atom stereocenters. The Kier molecular flexibility index (Phi) is 7.46. The molecule has 34 heavy (non-hydrogen) atoms. The van der Waals surface area contributed by atoms with Gasteiger partial charge in [-0.1, -0.05) is 5.92 Å². The van der Waals surface area contributed by atoms with Crippen molar-refractivity contribution in [3.05, 3.63) is 21.4 Å². The third-order valence-electron chi connectivity index (χ3n) is 6.00. The van der Waals surface area contributed by atoms with Crippen LogP contribution in [0.15, 0.2) is 6.07 Å². The number of hydrogen-bond acceptors (Lipinski definition) is 8. The first-order valence-corrected chi connectivity index (χ1v) is 13.5. The normalized spacial score (nSPS) is 18.2. The van der Waals surface area contributed by atoms with Crippen LogP contribution in [-0.2, 0) is 21.2 Å². The number of nitrogens with zero attached hydrogens (tertiary/aromatic N) is 2. The van der Waals surface area contributed by atoms with E-state index >= 15 is 0 Å². The van der Waals surface area contributed by atoms with E-state index in [4.69, 9.17) is 5.21 Å². The van der Waals surface area contributed by atoms with Crippen LogP contribution in [0.5, 0.6) is 0 Å². The van der Waals surface area contributed by atoms with Gasteiger partial charge in [-0.25, -0.2) is 13.9 Å². The molecule has 1 fully saturated rings. The first kappa shape index (κ1) is 26.2. The van der Waals surface area contributed by atoms with E-state index in [1.165, 1.54) is 28.6 Å². The molecule has 9 nitrogen and oxygen atoms in total. The minimum Gasteiger partial charge on any atom is -0.389 e. The Bertz CT molecular complexity index is 1200. The number of rotatable bonds is 7. The zero-order chi connectivity index (χ0) is 25.3. The molecular formula is C23H29N3O6S2. The molecule has 11 heteroatoms. The third kappa shape index (κ3) is 5.80. The smallest absolute Gasteiger partial charge is 0.264 e. The molecule has 0 saturated carbocycles. The van der Waals surface area contributed by atoms with Gasteiger partial charge in [0.05, 0.1) is 15.4 Å². The standard InChI is InChI=1S/C23H29N3O6S2/c1-22(2,29)15-25-12-16(13-25)7-5-6-8-18-11-17-14-26(20(27)19(17)33-18)10-9-23(3,21(28)24-30)34(4,31)32/h11,16,29-30H,9-10,12-15H2,1-4H3,(H,24,28). The summed E-state index contributed by atoms with van der Waals surface area (Å²) in [5.41, 5.74) is 1.50. The van der Waals surface area contributed by atoms with Crippen molar-refractivity contribution < 1.29 is 28.3 Å². The highest BCUT2D eigenvalue weighted by Gasteiger charge is 2.44. The van der Waals surface area contributed by atoms with Gasteiger partial charge in [-0.15, -0.1) is 11.3 Å². The molecule has 0 bridgehead atoms.